The summed E-state index contributed by atoms with van der Waals surface area (Å²) in [4.78, 5) is 11.6. The number of nitrogens with one attached hydrogen (secondary N) is 1. The molecule has 0 atom stereocenters. The van der Waals surface area contributed by atoms with Crippen LogP contribution >= 0.6 is 0 Å². The van der Waals surface area contributed by atoms with Crippen molar-refractivity contribution in [3.05, 3.63) is 53.6 Å². The Balaban J connectivity index is 2.24. The van der Waals surface area contributed by atoms with Crippen molar-refractivity contribution in [3.8, 4) is 16.9 Å². The van der Waals surface area contributed by atoms with E-state index in [2.05, 4.69) is 5.32 Å². The molecule has 1 heterocycles. The molecule has 17 heavy (non-hydrogen) atoms. The maximum Gasteiger partial charge on any atom is 0.251 e. The zero-order valence-electron chi connectivity index (χ0n) is 9.10. The minimum Gasteiger partial charge on any atom is -0.507 e. The van der Waals surface area contributed by atoms with E-state index >= 15 is 0 Å². The van der Waals surface area contributed by atoms with E-state index in [9.17, 15) is 9.90 Å². The SMILES string of the molecule is O=C1NCc2c1cccc2-c1ccccc1O. The molecule has 0 saturated heterocycles. The van der Waals surface area contributed by atoms with E-state index in [1.54, 1.807) is 18.2 Å². The number of fused-ring (bicyclic) bond motifs is 1. The minimum absolute atomic E-state index is 0.0442. The molecule has 2 N–H and O–H groups in total. The van der Waals surface area contributed by atoms with Crippen molar-refractivity contribution >= 4 is 5.91 Å². The Bertz CT molecular complexity index is 605. The largest absolute Gasteiger partial charge is 0.507 e. The van der Waals surface area contributed by atoms with Gasteiger partial charge < -0.3 is 10.4 Å². The predicted octanol–water partition coefficient (Wildman–Crippen LogP) is 2.30. The van der Waals surface area contributed by atoms with Crippen LogP contribution in [-0.2, 0) is 6.54 Å². The maximum atomic E-state index is 11.6. The van der Waals surface area contributed by atoms with Gasteiger partial charge in [-0.15, -0.1) is 0 Å². The van der Waals surface area contributed by atoms with Crippen LogP contribution in [0.15, 0.2) is 42.5 Å². The van der Waals surface area contributed by atoms with Gasteiger partial charge >= 0.3 is 0 Å². The molecule has 2 aromatic rings. The maximum absolute atomic E-state index is 11.6. The third-order valence-electron chi connectivity index (χ3n) is 3.04. The molecule has 2 aromatic carbocycles. The number of hydrogen-bond donors (Lipinski definition) is 2. The van der Waals surface area contributed by atoms with Crippen LogP contribution in [0.5, 0.6) is 5.75 Å². The molecule has 0 aromatic heterocycles. The quantitative estimate of drug-likeness (QED) is 0.782. The van der Waals surface area contributed by atoms with E-state index in [0.717, 1.165) is 16.7 Å². The molecule has 0 saturated carbocycles. The standard InChI is InChI=1S/C14H11NO2/c16-13-7-2-1-4-10(13)9-5-3-6-11-12(9)8-15-14(11)17/h1-7,16H,8H2,(H,15,17). The van der Waals surface area contributed by atoms with Gasteiger partial charge in [0, 0.05) is 17.7 Å². The summed E-state index contributed by atoms with van der Waals surface area (Å²) in [6, 6.07) is 12.7. The van der Waals surface area contributed by atoms with Crippen LogP contribution in [0.1, 0.15) is 15.9 Å². The van der Waals surface area contributed by atoms with Gasteiger partial charge in [-0.3, -0.25) is 4.79 Å². The van der Waals surface area contributed by atoms with E-state index in [1.165, 1.54) is 0 Å². The van der Waals surface area contributed by atoms with Crippen LogP contribution in [0.25, 0.3) is 11.1 Å². The van der Waals surface area contributed by atoms with Crippen molar-refractivity contribution in [1.82, 2.24) is 5.32 Å². The van der Waals surface area contributed by atoms with Gasteiger partial charge in [0.25, 0.3) is 5.91 Å². The van der Waals surface area contributed by atoms with E-state index in [4.69, 9.17) is 0 Å². The molecule has 0 radical (unpaired) electrons. The molecule has 0 bridgehead atoms. The molecule has 0 spiro atoms. The third-order valence-corrected chi connectivity index (χ3v) is 3.04. The van der Waals surface area contributed by atoms with Crippen LogP contribution in [0, 0.1) is 0 Å². The molecular formula is C14H11NO2. The predicted molar refractivity (Wildman–Crippen MR) is 64.7 cm³/mol. The van der Waals surface area contributed by atoms with Crippen molar-refractivity contribution in [2.24, 2.45) is 0 Å². The fourth-order valence-electron chi connectivity index (χ4n) is 2.21. The van der Waals surface area contributed by atoms with Gasteiger partial charge in [0.05, 0.1) is 0 Å². The smallest absolute Gasteiger partial charge is 0.251 e. The molecule has 3 nitrogen and oxygen atoms in total. The second kappa shape index (κ2) is 3.63. The first-order valence-electron chi connectivity index (χ1n) is 5.46. The Morgan fingerprint density at radius 1 is 0.941 bits per heavy atom. The van der Waals surface area contributed by atoms with Crippen LogP contribution in [0.3, 0.4) is 0 Å². The molecule has 1 amide bonds. The number of carbonyl (C=O) groups is 1. The number of para-hydroxylation sites is 1. The van der Waals surface area contributed by atoms with Crippen molar-refractivity contribution in [1.29, 1.82) is 0 Å². The second-order valence-corrected chi connectivity index (χ2v) is 4.03. The summed E-state index contributed by atoms with van der Waals surface area (Å²) in [5.74, 6) is 0.192. The number of carbonyl (C=O) groups excluding carboxylic acids is 1. The number of aromatic hydroxyl groups is 1. The van der Waals surface area contributed by atoms with Gasteiger partial charge in [0.2, 0.25) is 0 Å². The molecule has 1 aliphatic heterocycles. The van der Waals surface area contributed by atoms with Crippen LogP contribution in [0.4, 0.5) is 0 Å². The zero-order chi connectivity index (χ0) is 11.8. The minimum atomic E-state index is -0.0442. The van der Waals surface area contributed by atoms with Gasteiger partial charge in [-0.05, 0) is 23.3 Å². The fraction of sp³-hybridized carbons (Fsp3) is 0.0714. The summed E-state index contributed by atoms with van der Waals surface area (Å²) in [7, 11) is 0. The third kappa shape index (κ3) is 1.47. The Morgan fingerprint density at radius 2 is 1.65 bits per heavy atom. The van der Waals surface area contributed by atoms with Gasteiger partial charge in [0.1, 0.15) is 5.75 Å². The Morgan fingerprint density at radius 3 is 2.47 bits per heavy atom. The van der Waals surface area contributed by atoms with Crippen molar-refractivity contribution in [3.63, 3.8) is 0 Å². The van der Waals surface area contributed by atoms with E-state index in [1.807, 2.05) is 24.3 Å². The summed E-state index contributed by atoms with van der Waals surface area (Å²) in [6.45, 7) is 0.526. The van der Waals surface area contributed by atoms with Gasteiger partial charge in [0.15, 0.2) is 0 Å². The van der Waals surface area contributed by atoms with Crippen molar-refractivity contribution in [2.75, 3.05) is 0 Å². The number of rotatable bonds is 1. The van der Waals surface area contributed by atoms with E-state index < -0.39 is 0 Å². The lowest BCUT2D eigenvalue weighted by molar-refractivity contribution is 0.0966. The lowest BCUT2D eigenvalue weighted by Gasteiger charge is -2.08. The lowest BCUT2D eigenvalue weighted by Crippen LogP contribution is -2.12. The molecule has 1 aliphatic rings. The zero-order valence-corrected chi connectivity index (χ0v) is 9.10. The summed E-state index contributed by atoms with van der Waals surface area (Å²) in [5, 5.41) is 12.6. The van der Waals surface area contributed by atoms with E-state index in [0.29, 0.717) is 12.1 Å². The topological polar surface area (TPSA) is 49.3 Å². The van der Waals surface area contributed by atoms with Crippen molar-refractivity contribution in [2.45, 2.75) is 6.54 Å². The highest BCUT2D eigenvalue weighted by Gasteiger charge is 2.22. The Labute approximate surface area is 98.7 Å². The average Bonchev–Trinajstić information content (AvgIpc) is 2.72. The van der Waals surface area contributed by atoms with Crippen LogP contribution in [-0.4, -0.2) is 11.0 Å². The number of hydrogen-bond acceptors (Lipinski definition) is 2. The number of phenols is 1. The molecular weight excluding hydrogens is 214 g/mol. The number of phenolic OH excluding ortho intramolecular Hbond substituents is 1. The van der Waals surface area contributed by atoms with Crippen LogP contribution in [0.2, 0.25) is 0 Å². The first-order chi connectivity index (χ1) is 8.27. The first-order valence-corrected chi connectivity index (χ1v) is 5.46. The second-order valence-electron chi connectivity index (χ2n) is 4.03. The number of amides is 1. The monoisotopic (exact) mass is 225 g/mol. The fourth-order valence-corrected chi connectivity index (χ4v) is 2.21. The average molecular weight is 225 g/mol. The molecule has 0 aliphatic carbocycles. The highest BCUT2D eigenvalue weighted by Crippen LogP contribution is 2.34. The molecule has 3 heteroatoms. The first kappa shape index (κ1) is 9.90. The highest BCUT2D eigenvalue weighted by atomic mass is 16.3. The molecule has 0 unspecified atom stereocenters. The van der Waals surface area contributed by atoms with Gasteiger partial charge in [-0.1, -0.05) is 30.3 Å². The summed E-state index contributed by atoms with van der Waals surface area (Å²) in [6.07, 6.45) is 0. The molecule has 3 rings (SSSR count). The highest BCUT2D eigenvalue weighted by molar-refractivity contribution is 6.00. The summed E-state index contributed by atoms with van der Waals surface area (Å²) in [5.41, 5.74) is 3.34. The molecule has 0 fully saturated rings. The van der Waals surface area contributed by atoms with Crippen molar-refractivity contribution < 1.29 is 9.90 Å². The normalized spacial score (nSPS) is 13.3. The Hall–Kier alpha value is -2.29. The van der Waals surface area contributed by atoms with E-state index in [-0.39, 0.29) is 11.7 Å². The van der Waals surface area contributed by atoms with Crippen LogP contribution < -0.4 is 5.32 Å². The number of benzene rings is 2. The summed E-state index contributed by atoms with van der Waals surface area (Å²) >= 11 is 0. The van der Waals surface area contributed by atoms with Gasteiger partial charge in [-0.2, -0.15) is 0 Å². The van der Waals surface area contributed by atoms with Gasteiger partial charge in [-0.25, -0.2) is 0 Å². The lowest BCUT2D eigenvalue weighted by atomic mass is 9.96. The Kier molecular flexibility index (Phi) is 2.11. The molecule has 84 valence electrons. The summed E-state index contributed by atoms with van der Waals surface area (Å²) < 4.78 is 0.